The predicted molar refractivity (Wildman–Crippen MR) is 69.1 cm³/mol. The van der Waals surface area contributed by atoms with Crippen LogP contribution in [0.5, 0.6) is 0 Å². The molecule has 0 radical (unpaired) electrons. The summed E-state index contributed by atoms with van der Waals surface area (Å²) in [5.41, 5.74) is 6.87. The maximum Gasteiger partial charge on any atom is 0.166 e. The molecule has 0 aromatic heterocycles. The summed E-state index contributed by atoms with van der Waals surface area (Å²) in [6.07, 6.45) is 0. The van der Waals surface area contributed by atoms with E-state index in [4.69, 9.17) is 5.73 Å². The van der Waals surface area contributed by atoms with E-state index in [9.17, 15) is 13.2 Å². The summed E-state index contributed by atoms with van der Waals surface area (Å²) in [4.78, 5) is 0. The molecule has 1 atom stereocenters. The summed E-state index contributed by atoms with van der Waals surface area (Å²) < 4.78 is 40.9. The lowest BCUT2D eigenvalue weighted by atomic mass is 9.94. The van der Waals surface area contributed by atoms with E-state index in [1.807, 2.05) is 0 Å². The SMILES string of the molecule is Cc1ccc(-c2cc(F)ccc2C(C)N)c(F)c1F. The van der Waals surface area contributed by atoms with E-state index in [1.165, 1.54) is 37.3 Å². The van der Waals surface area contributed by atoms with Gasteiger partial charge in [-0.3, -0.25) is 0 Å². The molecule has 0 saturated heterocycles. The van der Waals surface area contributed by atoms with Crippen molar-refractivity contribution in [2.75, 3.05) is 0 Å². The van der Waals surface area contributed by atoms with Crippen LogP contribution in [-0.2, 0) is 0 Å². The topological polar surface area (TPSA) is 26.0 Å². The van der Waals surface area contributed by atoms with Crippen molar-refractivity contribution in [1.82, 2.24) is 0 Å². The Morgan fingerprint density at radius 3 is 2.26 bits per heavy atom. The fourth-order valence-corrected chi connectivity index (χ4v) is 2.01. The predicted octanol–water partition coefficient (Wildman–Crippen LogP) is 4.10. The minimum Gasteiger partial charge on any atom is -0.324 e. The third-order valence-corrected chi connectivity index (χ3v) is 3.07. The second-order valence-electron chi connectivity index (χ2n) is 4.58. The summed E-state index contributed by atoms with van der Waals surface area (Å²) in [6, 6.07) is 6.42. The quantitative estimate of drug-likeness (QED) is 0.869. The van der Waals surface area contributed by atoms with Gasteiger partial charge in [-0.1, -0.05) is 18.2 Å². The largest absolute Gasteiger partial charge is 0.324 e. The molecule has 2 aromatic carbocycles. The van der Waals surface area contributed by atoms with Gasteiger partial charge in [-0.2, -0.15) is 0 Å². The van der Waals surface area contributed by atoms with Gasteiger partial charge >= 0.3 is 0 Å². The molecular weight excluding hydrogens is 251 g/mol. The van der Waals surface area contributed by atoms with E-state index in [1.54, 1.807) is 6.92 Å². The number of hydrogen-bond acceptors (Lipinski definition) is 1. The van der Waals surface area contributed by atoms with Gasteiger partial charge in [0.05, 0.1) is 0 Å². The van der Waals surface area contributed by atoms with Crippen LogP contribution < -0.4 is 5.73 Å². The van der Waals surface area contributed by atoms with Crippen LogP contribution in [0.15, 0.2) is 30.3 Å². The van der Waals surface area contributed by atoms with Crippen molar-refractivity contribution in [2.24, 2.45) is 5.73 Å². The molecule has 2 rings (SSSR count). The fraction of sp³-hybridized carbons (Fsp3) is 0.200. The number of nitrogens with two attached hydrogens (primary N) is 1. The van der Waals surface area contributed by atoms with Crippen molar-refractivity contribution in [3.05, 3.63) is 58.9 Å². The molecule has 0 aliphatic heterocycles. The van der Waals surface area contributed by atoms with Gasteiger partial charge < -0.3 is 5.73 Å². The first-order valence-corrected chi connectivity index (χ1v) is 5.92. The highest BCUT2D eigenvalue weighted by molar-refractivity contribution is 5.69. The van der Waals surface area contributed by atoms with Gasteiger partial charge in [0.2, 0.25) is 0 Å². The van der Waals surface area contributed by atoms with E-state index < -0.39 is 23.5 Å². The minimum absolute atomic E-state index is 0.0231. The Bertz CT molecular complexity index is 621. The summed E-state index contributed by atoms with van der Waals surface area (Å²) in [7, 11) is 0. The Morgan fingerprint density at radius 1 is 0.947 bits per heavy atom. The zero-order valence-electron chi connectivity index (χ0n) is 10.7. The zero-order chi connectivity index (χ0) is 14.2. The molecule has 0 bridgehead atoms. The van der Waals surface area contributed by atoms with Crippen LogP contribution >= 0.6 is 0 Å². The molecule has 0 spiro atoms. The molecule has 0 aliphatic rings. The average molecular weight is 265 g/mol. The maximum atomic E-state index is 14.0. The van der Waals surface area contributed by atoms with Crippen LogP contribution in [-0.4, -0.2) is 0 Å². The molecule has 0 amide bonds. The smallest absolute Gasteiger partial charge is 0.166 e. The molecule has 1 nitrogen and oxygen atoms in total. The highest BCUT2D eigenvalue weighted by Gasteiger charge is 2.17. The molecule has 4 heteroatoms. The Hall–Kier alpha value is -1.81. The van der Waals surface area contributed by atoms with Gasteiger partial charge in [-0.15, -0.1) is 0 Å². The first-order valence-electron chi connectivity index (χ1n) is 5.92. The average Bonchev–Trinajstić information content (AvgIpc) is 2.35. The second-order valence-corrected chi connectivity index (χ2v) is 4.58. The molecule has 2 aromatic rings. The van der Waals surface area contributed by atoms with E-state index in [0.717, 1.165) is 0 Å². The number of benzene rings is 2. The Balaban J connectivity index is 2.71. The fourth-order valence-electron chi connectivity index (χ4n) is 2.01. The lowest BCUT2D eigenvalue weighted by Gasteiger charge is -2.14. The molecule has 2 N–H and O–H groups in total. The summed E-state index contributed by atoms with van der Waals surface area (Å²) >= 11 is 0. The van der Waals surface area contributed by atoms with Crippen molar-refractivity contribution < 1.29 is 13.2 Å². The van der Waals surface area contributed by atoms with E-state index in [2.05, 4.69) is 0 Å². The molecule has 0 heterocycles. The van der Waals surface area contributed by atoms with Crippen molar-refractivity contribution in [1.29, 1.82) is 0 Å². The third-order valence-electron chi connectivity index (χ3n) is 3.07. The normalized spacial score (nSPS) is 12.5. The standard InChI is InChI=1S/C15H14F3N/c1-8-3-5-12(15(18)14(8)17)13-7-10(16)4-6-11(13)9(2)19/h3-7,9H,19H2,1-2H3. The summed E-state index contributed by atoms with van der Waals surface area (Å²) in [5.74, 6) is -2.41. The monoisotopic (exact) mass is 265 g/mol. The van der Waals surface area contributed by atoms with Gasteiger partial charge in [0.25, 0.3) is 0 Å². The lowest BCUT2D eigenvalue weighted by Crippen LogP contribution is -2.08. The van der Waals surface area contributed by atoms with Crippen LogP contribution in [0.3, 0.4) is 0 Å². The van der Waals surface area contributed by atoms with Gasteiger partial charge in [-0.25, -0.2) is 13.2 Å². The Labute approximate surface area is 109 Å². The third kappa shape index (κ3) is 2.49. The molecule has 0 saturated carbocycles. The lowest BCUT2D eigenvalue weighted by molar-refractivity contribution is 0.505. The highest BCUT2D eigenvalue weighted by Crippen LogP contribution is 2.32. The van der Waals surface area contributed by atoms with Gasteiger partial charge in [0, 0.05) is 11.6 Å². The summed E-state index contributed by atoms with van der Waals surface area (Å²) in [6.45, 7) is 3.18. The van der Waals surface area contributed by atoms with Gasteiger partial charge in [0.15, 0.2) is 11.6 Å². The van der Waals surface area contributed by atoms with Crippen LogP contribution in [0.4, 0.5) is 13.2 Å². The van der Waals surface area contributed by atoms with E-state index in [-0.39, 0.29) is 16.7 Å². The number of rotatable bonds is 2. The maximum absolute atomic E-state index is 14.0. The molecule has 19 heavy (non-hydrogen) atoms. The molecule has 0 fully saturated rings. The zero-order valence-corrected chi connectivity index (χ0v) is 10.7. The van der Waals surface area contributed by atoms with Crippen LogP contribution in [0.1, 0.15) is 24.1 Å². The molecule has 0 aliphatic carbocycles. The van der Waals surface area contributed by atoms with Gasteiger partial charge in [-0.05, 0) is 42.7 Å². The van der Waals surface area contributed by atoms with Crippen molar-refractivity contribution >= 4 is 0 Å². The Kier molecular flexibility index (Phi) is 3.62. The Morgan fingerprint density at radius 2 is 1.63 bits per heavy atom. The first kappa shape index (κ1) is 13.6. The van der Waals surface area contributed by atoms with Crippen molar-refractivity contribution in [2.45, 2.75) is 19.9 Å². The minimum atomic E-state index is -0.979. The first-order chi connectivity index (χ1) is 8.91. The van der Waals surface area contributed by atoms with E-state index in [0.29, 0.717) is 5.56 Å². The van der Waals surface area contributed by atoms with Gasteiger partial charge in [0.1, 0.15) is 5.82 Å². The second kappa shape index (κ2) is 5.05. The molecular formula is C15H14F3N. The van der Waals surface area contributed by atoms with Crippen LogP contribution in [0.2, 0.25) is 0 Å². The van der Waals surface area contributed by atoms with E-state index >= 15 is 0 Å². The number of hydrogen-bond donors (Lipinski definition) is 1. The number of aryl methyl sites for hydroxylation is 1. The van der Waals surface area contributed by atoms with Crippen LogP contribution in [0.25, 0.3) is 11.1 Å². The molecule has 1 unspecified atom stereocenters. The van der Waals surface area contributed by atoms with Crippen molar-refractivity contribution in [3.63, 3.8) is 0 Å². The summed E-state index contributed by atoms with van der Waals surface area (Å²) in [5, 5.41) is 0. The van der Waals surface area contributed by atoms with Crippen LogP contribution in [0, 0.1) is 24.4 Å². The molecule has 100 valence electrons. The number of halogens is 3. The highest BCUT2D eigenvalue weighted by atomic mass is 19.2. The van der Waals surface area contributed by atoms with Crippen molar-refractivity contribution in [3.8, 4) is 11.1 Å².